The molecule has 0 aliphatic carbocycles. The smallest absolute Gasteiger partial charge is 0.321 e. The maximum absolute atomic E-state index is 12.0. The third-order valence-electron chi connectivity index (χ3n) is 5.35. The Morgan fingerprint density at radius 2 is 1.84 bits per heavy atom. The molecular formula is C26H26N6O4S. The molecule has 0 bridgehead atoms. The van der Waals surface area contributed by atoms with Crippen LogP contribution in [0.1, 0.15) is 45.5 Å². The van der Waals surface area contributed by atoms with Crippen LogP contribution in [0.15, 0.2) is 48.9 Å². The summed E-state index contributed by atoms with van der Waals surface area (Å²) in [6.07, 6.45) is 4.56. The molecule has 2 N–H and O–H groups in total. The zero-order valence-electron chi connectivity index (χ0n) is 20.6. The second-order valence-electron chi connectivity index (χ2n) is 8.25. The Morgan fingerprint density at radius 3 is 2.51 bits per heavy atom. The third kappa shape index (κ3) is 6.50. The van der Waals surface area contributed by atoms with Gasteiger partial charge in [-0.2, -0.15) is 0 Å². The van der Waals surface area contributed by atoms with Crippen molar-refractivity contribution in [3.63, 3.8) is 0 Å². The third-order valence-corrected chi connectivity index (χ3v) is 6.37. The number of ether oxygens (including phenoxy) is 1. The summed E-state index contributed by atoms with van der Waals surface area (Å²) >= 11 is 1.37. The van der Waals surface area contributed by atoms with E-state index in [9.17, 15) is 14.4 Å². The van der Waals surface area contributed by atoms with Gasteiger partial charge in [0.1, 0.15) is 5.78 Å². The number of amides is 2. The molecule has 4 aromatic rings. The number of ketones is 1. The van der Waals surface area contributed by atoms with Gasteiger partial charge in [0.15, 0.2) is 17.1 Å². The molecule has 0 fully saturated rings. The second-order valence-corrected chi connectivity index (χ2v) is 9.25. The van der Waals surface area contributed by atoms with Gasteiger partial charge in [-0.1, -0.05) is 17.4 Å². The van der Waals surface area contributed by atoms with Crippen LogP contribution in [0, 0.1) is 0 Å². The molecule has 10 nitrogen and oxygen atoms in total. The van der Waals surface area contributed by atoms with Gasteiger partial charge in [-0.05, 0) is 50.6 Å². The van der Waals surface area contributed by atoms with Crippen LogP contribution < -0.4 is 10.6 Å². The lowest BCUT2D eigenvalue weighted by molar-refractivity contribution is -0.149. The first-order chi connectivity index (χ1) is 17.8. The summed E-state index contributed by atoms with van der Waals surface area (Å²) in [6.45, 7) is 5.47. The van der Waals surface area contributed by atoms with E-state index >= 15 is 0 Å². The van der Waals surface area contributed by atoms with Gasteiger partial charge in [0, 0.05) is 42.7 Å². The fourth-order valence-electron chi connectivity index (χ4n) is 3.55. The number of urea groups is 1. The van der Waals surface area contributed by atoms with Gasteiger partial charge >= 0.3 is 12.0 Å². The van der Waals surface area contributed by atoms with Crippen LogP contribution in [0.5, 0.6) is 0 Å². The molecule has 1 aromatic carbocycles. The van der Waals surface area contributed by atoms with Crippen molar-refractivity contribution in [2.75, 3.05) is 11.9 Å². The molecule has 4 rings (SSSR count). The molecule has 0 radical (unpaired) electrons. The van der Waals surface area contributed by atoms with E-state index in [-0.39, 0.29) is 24.7 Å². The fourth-order valence-corrected chi connectivity index (χ4v) is 4.51. The highest BCUT2D eigenvalue weighted by Crippen LogP contribution is 2.38. The second kappa shape index (κ2) is 11.7. The normalized spacial score (nSPS) is 11.6. The van der Waals surface area contributed by atoms with Gasteiger partial charge in [-0.15, -0.1) is 0 Å². The quantitative estimate of drug-likeness (QED) is 0.298. The minimum atomic E-state index is -0.651. The Hall–Kier alpha value is -4.25. The van der Waals surface area contributed by atoms with E-state index in [1.807, 2.05) is 37.3 Å². The highest BCUT2D eigenvalue weighted by molar-refractivity contribution is 7.22. The number of Topliss-reactive ketones (excluding diaryl/α,β-unsaturated/α-hetero) is 1. The Balaban J connectivity index is 1.63. The first kappa shape index (κ1) is 25.8. The van der Waals surface area contributed by atoms with Crippen LogP contribution >= 0.6 is 11.3 Å². The number of esters is 1. The van der Waals surface area contributed by atoms with Gasteiger partial charge in [-0.25, -0.2) is 19.7 Å². The number of nitrogens with one attached hydrogen (secondary N) is 2. The number of rotatable bonds is 9. The molecule has 0 saturated heterocycles. The van der Waals surface area contributed by atoms with Crippen LogP contribution in [0.25, 0.3) is 32.6 Å². The summed E-state index contributed by atoms with van der Waals surface area (Å²) < 4.78 is 6.23. The Bertz CT molecular complexity index is 1420. The molecule has 3 heterocycles. The fraction of sp³-hybridized carbons (Fsp3) is 0.269. The zero-order valence-corrected chi connectivity index (χ0v) is 21.5. The van der Waals surface area contributed by atoms with E-state index in [1.165, 1.54) is 18.3 Å². The van der Waals surface area contributed by atoms with E-state index in [4.69, 9.17) is 4.74 Å². The monoisotopic (exact) mass is 518 g/mol. The minimum absolute atomic E-state index is 0.0264. The van der Waals surface area contributed by atoms with Crippen molar-refractivity contribution in [2.24, 2.45) is 0 Å². The number of thiazole rings is 1. The number of nitrogens with zero attached hydrogens (tertiary/aromatic N) is 4. The number of aromatic nitrogens is 4. The van der Waals surface area contributed by atoms with Crippen molar-refractivity contribution < 1.29 is 19.1 Å². The molecule has 2 amide bonds. The van der Waals surface area contributed by atoms with E-state index in [2.05, 4.69) is 30.6 Å². The summed E-state index contributed by atoms with van der Waals surface area (Å²) in [4.78, 5) is 53.0. The molecule has 0 spiro atoms. The van der Waals surface area contributed by atoms with Crippen molar-refractivity contribution in [1.82, 2.24) is 25.3 Å². The highest BCUT2D eigenvalue weighted by Gasteiger charge is 2.17. The van der Waals surface area contributed by atoms with Crippen LogP contribution in [0.3, 0.4) is 0 Å². The van der Waals surface area contributed by atoms with E-state index in [1.54, 1.807) is 25.5 Å². The van der Waals surface area contributed by atoms with Crippen molar-refractivity contribution in [3.05, 3.63) is 54.7 Å². The SMILES string of the molecule is CCNC(=O)Nc1nc2cc(-c3cnc(C(C)OC(=O)CCC(C)=O)nc3)cc(-c3ccccn3)c2s1. The molecule has 1 unspecified atom stereocenters. The number of carbonyl (C=O) groups is 3. The van der Waals surface area contributed by atoms with Crippen molar-refractivity contribution >= 4 is 44.5 Å². The maximum Gasteiger partial charge on any atom is 0.321 e. The molecule has 0 aliphatic heterocycles. The van der Waals surface area contributed by atoms with Crippen molar-refractivity contribution in [1.29, 1.82) is 0 Å². The summed E-state index contributed by atoms with van der Waals surface area (Å²) in [5, 5.41) is 5.95. The lowest BCUT2D eigenvalue weighted by atomic mass is 10.0. The Kier molecular flexibility index (Phi) is 8.14. The van der Waals surface area contributed by atoms with E-state index in [0.29, 0.717) is 23.0 Å². The lowest BCUT2D eigenvalue weighted by Gasteiger charge is -2.12. The van der Waals surface area contributed by atoms with Gasteiger partial charge in [0.05, 0.1) is 22.3 Å². The number of benzene rings is 1. The standard InChI is InChI=1S/C26H26N6O4S/c1-4-27-25(35)32-26-31-21-12-17(11-19(23(21)37-26)20-7-5-6-10-28-20)18-13-29-24(30-14-18)16(3)36-22(34)9-8-15(2)33/h5-7,10-14,16H,4,8-9H2,1-3H3,(H2,27,31,32,35). The van der Waals surface area contributed by atoms with Crippen LogP contribution in [-0.4, -0.2) is 44.3 Å². The van der Waals surface area contributed by atoms with Crippen LogP contribution in [0.2, 0.25) is 0 Å². The molecule has 0 aliphatic rings. The topological polar surface area (TPSA) is 136 Å². The highest BCUT2D eigenvalue weighted by atomic mass is 32.1. The minimum Gasteiger partial charge on any atom is -0.454 e. The largest absolute Gasteiger partial charge is 0.454 e. The van der Waals surface area contributed by atoms with E-state index in [0.717, 1.165) is 27.1 Å². The number of hydrogen-bond donors (Lipinski definition) is 2. The summed E-state index contributed by atoms with van der Waals surface area (Å²) in [7, 11) is 0. The predicted molar refractivity (Wildman–Crippen MR) is 141 cm³/mol. The van der Waals surface area contributed by atoms with Gasteiger partial charge in [0.2, 0.25) is 0 Å². The molecule has 190 valence electrons. The van der Waals surface area contributed by atoms with Gasteiger partial charge in [-0.3, -0.25) is 15.1 Å². The molecule has 0 saturated carbocycles. The predicted octanol–water partition coefficient (Wildman–Crippen LogP) is 4.93. The molecule has 11 heteroatoms. The van der Waals surface area contributed by atoms with Crippen molar-refractivity contribution in [3.8, 4) is 22.4 Å². The van der Waals surface area contributed by atoms with E-state index < -0.39 is 12.1 Å². The van der Waals surface area contributed by atoms with Gasteiger partial charge in [0.25, 0.3) is 0 Å². The maximum atomic E-state index is 12.0. The summed E-state index contributed by atoms with van der Waals surface area (Å²) in [5.74, 6) is -0.186. The summed E-state index contributed by atoms with van der Waals surface area (Å²) in [5.41, 5.74) is 3.90. The first-order valence-corrected chi connectivity index (χ1v) is 12.6. The van der Waals surface area contributed by atoms with Crippen molar-refractivity contribution in [2.45, 2.75) is 39.7 Å². The summed E-state index contributed by atoms with van der Waals surface area (Å²) in [6, 6.07) is 9.25. The number of fused-ring (bicyclic) bond motifs is 1. The van der Waals surface area contributed by atoms with Crippen LogP contribution in [-0.2, 0) is 14.3 Å². The zero-order chi connectivity index (χ0) is 26.4. The average Bonchev–Trinajstić information content (AvgIpc) is 3.29. The van der Waals surface area contributed by atoms with Gasteiger partial charge < -0.3 is 14.8 Å². The molecule has 37 heavy (non-hydrogen) atoms. The number of hydrogen-bond acceptors (Lipinski definition) is 9. The van der Waals surface area contributed by atoms with Crippen LogP contribution in [0.4, 0.5) is 9.93 Å². The average molecular weight is 519 g/mol. The molecular weight excluding hydrogens is 492 g/mol. The number of pyridine rings is 1. The Labute approximate surface area is 217 Å². The molecule has 1 atom stereocenters. The number of carbonyl (C=O) groups excluding carboxylic acids is 3. The Morgan fingerprint density at radius 1 is 1.05 bits per heavy atom. The first-order valence-electron chi connectivity index (χ1n) is 11.8. The molecule has 3 aromatic heterocycles. The number of anilines is 1. The lowest BCUT2D eigenvalue weighted by Crippen LogP contribution is -2.28.